The van der Waals surface area contributed by atoms with Crippen molar-refractivity contribution in [1.82, 2.24) is 4.98 Å². The zero-order valence-electron chi connectivity index (χ0n) is 15.6. The quantitative estimate of drug-likeness (QED) is 0.540. The maximum Gasteiger partial charge on any atom is 0.230 e. The van der Waals surface area contributed by atoms with Crippen LogP contribution in [0, 0.1) is 6.92 Å². The largest absolute Gasteiger partial charge is 0.497 e. The zero-order chi connectivity index (χ0) is 19.2. The Labute approximate surface area is 168 Å². The second-order valence-electron chi connectivity index (χ2n) is 5.95. The van der Waals surface area contributed by atoms with Crippen LogP contribution in [0.5, 0.6) is 5.75 Å². The normalized spacial score (nSPS) is 10.6. The fourth-order valence-electron chi connectivity index (χ4n) is 2.69. The van der Waals surface area contributed by atoms with Crippen LogP contribution in [0.15, 0.2) is 53.4 Å². The lowest BCUT2D eigenvalue weighted by Crippen LogP contribution is -2.14. The van der Waals surface area contributed by atoms with Gasteiger partial charge in [-0.15, -0.1) is 23.1 Å². The minimum Gasteiger partial charge on any atom is -0.497 e. The maximum absolute atomic E-state index is 12.4. The molecule has 1 amide bonds. The number of nitrogens with zero attached hydrogens (tertiary/aromatic N) is 1. The second-order valence-corrected chi connectivity index (χ2v) is 8.49. The highest BCUT2D eigenvalue weighted by atomic mass is 32.2. The summed E-state index contributed by atoms with van der Waals surface area (Å²) in [6, 6.07) is 15.9. The van der Waals surface area contributed by atoms with Crippen molar-refractivity contribution in [2.75, 3.05) is 18.2 Å². The lowest BCUT2D eigenvalue weighted by molar-refractivity contribution is -0.115. The van der Waals surface area contributed by atoms with Gasteiger partial charge >= 0.3 is 0 Å². The van der Waals surface area contributed by atoms with E-state index in [-0.39, 0.29) is 5.91 Å². The van der Waals surface area contributed by atoms with Crippen LogP contribution in [-0.4, -0.2) is 23.8 Å². The fraction of sp³-hybridized carbons (Fsp3) is 0.238. The van der Waals surface area contributed by atoms with Gasteiger partial charge in [0.15, 0.2) is 5.13 Å². The van der Waals surface area contributed by atoms with Crippen LogP contribution in [0.3, 0.4) is 0 Å². The molecular formula is C21H22N2O2S2. The Morgan fingerprint density at radius 2 is 1.85 bits per heavy atom. The summed E-state index contributed by atoms with van der Waals surface area (Å²) in [7, 11) is 1.65. The van der Waals surface area contributed by atoms with Gasteiger partial charge in [0.2, 0.25) is 5.91 Å². The highest BCUT2D eigenvalue weighted by molar-refractivity contribution is 7.99. The number of rotatable bonds is 7. The van der Waals surface area contributed by atoms with Gasteiger partial charge in [-0.05, 0) is 54.6 Å². The zero-order valence-corrected chi connectivity index (χ0v) is 17.2. The number of hydrogen-bond donors (Lipinski definition) is 1. The van der Waals surface area contributed by atoms with Gasteiger partial charge in [0, 0.05) is 15.3 Å². The molecule has 27 heavy (non-hydrogen) atoms. The lowest BCUT2D eigenvalue weighted by atomic mass is 10.1. The van der Waals surface area contributed by atoms with Crippen molar-refractivity contribution in [2.24, 2.45) is 0 Å². The third-order valence-corrected chi connectivity index (χ3v) is 5.79. The number of amides is 1. The Morgan fingerprint density at radius 3 is 2.48 bits per heavy atom. The summed E-state index contributed by atoms with van der Waals surface area (Å²) in [4.78, 5) is 19.3. The Bertz CT molecular complexity index is 903. The van der Waals surface area contributed by atoms with E-state index >= 15 is 0 Å². The summed E-state index contributed by atoms with van der Waals surface area (Å²) >= 11 is 3.28. The number of benzene rings is 2. The second kappa shape index (κ2) is 9.06. The number of ether oxygens (including phenoxy) is 1. The van der Waals surface area contributed by atoms with E-state index in [1.54, 1.807) is 18.9 Å². The molecule has 0 aliphatic rings. The predicted molar refractivity (Wildman–Crippen MR) is 114 cm³/mol. The number of nitrogens with one attached hydrogen (secondary N) is 1. The van der Waals surface area contributed by atoms with E-state index in [2.05, 4.69) is 29.4 Å². The van der Waals surface area contributed by atoms with Crippen LogP contribution in [0.4, 0.5) is 5.13 Å². The van der Waals surface area contributed by atoms with Gasteiger partial charge in [0.25, 0.3) is 0 Å². The molecule has 3 rings (SSSR count). The van der Waals surface area contributed by atoms with E-state index < -0.39 is 0 Å². The summed E-state index contributed by atoms with van der Waals surface area (Å²) in [5.74, 6) is 1.80. The van der Waals surface area contributed by atoms with Crippen molar-refractivity contribution >= 4 is 34.1 Å². The summed E-state index contributed by atoms with van der Waals surface area (Å²) in [6.07, 6.45) is 0.341. The highest BCUT2D eigenvalue weighted by Gasteiger charge is 2.12. The van der Waals surface area contributed by atoms with Crippen molar-refractivity contribution in [3.8, 4) is 17.0 Å². The van der Waals surface area contributed by atoms with E-state index in [9.17, 15) is 4.79 Å². The van der Waals surface area contributed by atoms with Crippen LogP contribution in [0.25, 0.3) is 11.3 Å². The molecule has 0 aliphatic heterocycles. The monoisotopic (exact) mass is 398 g/mol. The molecule has 0 saturated carbocycles. The standard InChI is InChI=1S/C21H22N2O2S2/c1-4-26-18-11-5-15(6-12-18)13-19(24)22-21-23-20(14(2)27-21)16-7-9-17(25-3)10-8-16/h5-12H,4,13H2,1-3H3,(H,22,23,24). The molecule has 0 radical (unpaired) electrons. The number of aryl methyl sites for hydroxylation is 1. The molecule has 0 unspecified atom stereocenters. The minimum atomic E-state index is -0.0547. The first-order valence-electron chi connectivity index (χ1n) is 8.72. The predicted octanol–water partition coefficient (Wildman–Crippen LogP) is 5.42. The SMILES string of the molecule is CCSc1ccc(CC(=O)Nc2nc(-c3ccc(OC)cc3)c(C)s2)cc1. The van der Waals surface area contributed by atoms with Gasteiger partial charge in [-0.1, -0.05) is 19.1 Å². The van der Waals surface area contributed by atoms with E-state index in [0.29, 0.717) is 11.6 Å². The van der Waals surface area contributed by atoms with Gasteiger partial charge in [0.1, 0.15) is 5.75 Å². The third-order valence-electron chi connectivity index (χ3n) is 4.01. The van der Waals surface area contributed by atoms with Crippen LogP contribution in [-0.2, 0) is 11.2 Å². The molecule has 1 heterocycles. The maximum atomic E-state index is 12.4. The molecular weight excluding hydrogens is 376 g/mol. The summed E-state index contributed by atoms with van der Waals surface area (Å²) in [6.45, 7) is 4.14. The van der Waals surface area contributed by atoms with Crippen molar-refractivity contribution in [2.45, 2.75) is 25.2 Å². The van der Waals surface area contributed by atoms with E-state index in [0.717, 1.165) is 33.2 Å². The Hall–Kier alpha value is -2.31. The number of thioether (sulfide) groups is 1. The molecule has 2 aromatic carbocycles. The van der Waals surface area contributed by atoms with Gasteiger partial charge in [-0.3, -0.25) is 4.79 Å². The Morgan fingerprint density at radius 1 is 1.15 bits per heavy atom. The number of methoxy groups -OCH3 is 1. The van der Waals surface area contributed by atoms with Crippen molar-refractivity contribution in [3.63, 3.8) is 0 Å². The average molecular weight is 399 g/mol. The first-order chi connectivity index (χ1) is 13.1. The number of anilines is 1. The summed E-state index contributed by atoms with van der Waals surface area (Å²) in [5.41, 5.74) is 2.89. The molecule has 0 spiro atoms. The molecule has 1 aromatic heterocycles. The Balaban J connectivity index is 1.65. The number of thiazole rings is 1. The van der Waals surface area contributed by atoms with E-state index in [1.165, 1.54) is 16.2 Å². The van der Waals surface area contributed by atoms with Gasteiger partial charge < -0.3 is 10.1 Å². The highest BCUT2D eigenvalue weighted by Crippen LogP contribution is 2.31. The van der Waals surface area contributed by atoms with Crippen LogP contribution < -0.4 is 10.1 Å². The van der Waals surface area contributed by atoms with Crippen LogP contribution >= 0.6 is 23.1 Å². The molecule has 4 nitrogen and oxygen atoms in total. The molecule has 140 valence electrons. The minimum absolute atomic E-state index is 0.0547. The smallest absolute Gasteiger partial charge is 0.230 e. The fourth-order valence-corrected chi connectivity index (χ4v) is 4.20. The molecule has 3 aromatic rings. The van der Waals surface area contributed by atoms with Crippen molar-refractivity contribution in [1.29, 1.82) is 0 Å². The van der Waals surface area contributed by atoms with E-state index in [4.69, 9.17) is 4.74 Å². The molecule has 0 aliphatic carbocycles. The molecule has 0 fully saturated rings. The molecule has 0 atom stereocenters. The van der Waals surface area contributed by atoms with Gasteiger partial charge in [-0.25, -0.2) is 4.98 Å². The topological polar surface area (TPSA) is 51.2 Å². The van der Waals surface area contributed by atoms with Gasteiger partial charge in [0.05, 0.1) is 19.2 Å². The van der Waals surface area contributed by atoms with E-state index in [1.807, 2.05) is 43.3 Å². The molecule has 1 N–H and O–H groups in total. The first-order valence-corrected chi connectivity index (χ1v) is 10.5. The summed E-state index contributed by atoms with van der Waals surface area (Å²) in [5, 5.41) is 3.55. The van der Waals surface area contributed by atoms with Crippen LogP contribution in [0.1, 0.15) is 17.4 Å². The number of carbonyl (C=O) groups excluding carboxylic acids is 1. The number of carbonyl (C=O) groups is 1. The lowest BCUT2D eigenvalue weighted by Gasteiger charge is -2.04. The van der Waals surface area contributed by atoms with Gasteiger partial charge in [-0.2, -0.15) is 0 Å². The molecule has 6 heteroatoms. The third kappa shape index (κ3) is 5.11. The Kier molecular flexibility index (Phi) is 6.53. The number of hydrogen-bond acceptors (Lipinski definition) is 5. The molecule has 0 saturated heterocycles. The van der Waals surface area contributed by atoms with Crippen molar-refractivity contribution in [3.05, 3.63) is 59.0 Å². The average Bonchev–Trinajstić information content (AvgIpc) is 3.03. The summed E-state index contributed by atoms with van der Waals surface area (Å²) < 4.78 is 5.19. The number of aromatic nitrogens is 1. The van der Waals surface area contributed by atoms with Crippen LogP contribution in [0.2, 0.25) is 0 Å². The first kappa shape index (κ1) is 19.5. The van der Waals surface area contributed by atoms with Crippen molar-refractivity contribution < 1.29 is 9.53 Å². The molecule has 0 bridgehead atoms.